The van der Waals surface area contributed by atoms with E-state index in [0.29, 0.717) is 39.7 Å². The van der Waals surface area contributed by atoms with Crippen LogP contribution in [0.2, 0.25) is 5.02 Å². The van der Waals surface area contributed by atoms with Gasteiger partial charge in [0.15, 0.2) is 0 Å². The number of ether oxygens (including phenoxy) is 1. The van der Waals surface area contributed by atoms with Gasteiger partial charge in [-0.3, -0.25) is 9.36 Å². The lowest BCUT2D eigenvalue weighted by Gasteiger charge is -2.13. The fourth-order valence-corrected chi connectivity index (χ4v) is 4.11. The summed E-state index contributed by atoms with van der Waals surface area (Å²) in [7, 11) is 0. The first-order valence-electron chi connectivity index (χ1n) is 11.4. The van der Waals surface area contributed by atoms with E-state index in [0.717, 1.165) is 11.1 Å². The predicted octanol–water partition coefficient (Wildman–Crippen LogP) is 5.93. The molecular weight excluding hydrogens is 474 g/mol. The van der Waals surface area contributed by atoms with Gasteiger partial charge in [0.25, 0.3) is 0 Å². The average Bonchev–Trinajstić information content (AvgIpc) is 2.91. The molecule has 0 spiro atoms. The van der Waals surface area contributed by atoms with Gasteiger partial charge >= 0.3 is 5.69 Å². The molecular formula is C29H22ClN3O3. The van der Waals surface area contributed by atoms with Crippen LogP contribution in [0.25, 0.3) is 22.2 Å². The highest BCUT2D eigenvalue weighted by molar-refractivity contribution is 6.31. The number of aromatic nitrogens is 2. The highest BCUT2D eigenvalue weighted by Crippen LogP contribution is 2.27. The van der Waals surface area contributed by atoms with Crippen LogP contribution in [0.4, 0.5) is 5.69 Å². The number of hydrogen-bond donors (Lipinski definition) is 1. The quantitative estimate of drug-likeness (QED) is 0.303. The van der Waals surface area contributed by atoms with Gasteiger partial charge in [0, 0.05) is 21.7 Å². The summed E-state index contributed by atoms with van der Waals surface area (Å²) in [4.78, 5) is 30.1. The van der Waals surface area contributed by atoms with E-state index in [1.165, 1.54) is 4.57 Å². The fourth-order valence-electron chi connectivity index (χ4n) is 3.94. The number of nitrogens with zero attached hydrogens (tertiary/aromatic N) is 2. The van der Waals surface area contributed by atoms with E-state index in [1.54, 1.807) is 42.5 Å². The molecule has 5 rings (SSSR count). The lowest BCUT2D eigenvalue weighted by atomic mass is 10.1. The number of rotatable bonds is 7. The van der Waals surface area contributed by atoms with Gasteiger partial charge in [0.1, 0.15) is 18.9 Å². The Morgan fingerprint density at radius 3 is 2.31 bits per heavy atom. The second-order valence-electron chi connectivity index (χ2n) is 8.20. The van der Waals surface area contributed by atoms with E-state index >= 15 is 0 Å². The summed E-state index contributed by atoms with van der Waals surface area (Å²) in [6.07, 6.45) is 0. The molecule has 0 saturated heterocycles. The first kappa shape index (κ1) is 23.3. The van der Waals surface area contributed by atoms with Crippen molar-refractivity contribution < 1.29 is 9.53 Å². The number of halogens is 1. The van der Waals surface area contributed by atoms with Crippen molar-refractivity contribution in [3.05, 3.63) is 124 Å². The van der Waals surface area contributed by atoms with E-state index in [-0.39, 0.29) is 12.5 Å². The Morgan fingerprint density at radius 2 is 1.58 bits per heavy atom. The van der Waals surface area contributed by atoms with Crippen molar-refractivity contribution in [1.29, 1.82) is 0 Å². The first-order chi connectivity index (χ1) is 17.6. The van der Waals surface area contributed by atoms with E-state index in [2.05, 4.69) is 10.3 Å². The number of fused-ring (bicyclic) bond motifs is 1. The maximum Gasteiger partial charge on any atom is 0.349 e. The van der Waals surface area contributed by atoms with Crippen molar-refractivity contribution in [3.8, 4) is 17.0 Å². The lowest BCUT2D eigenvalue weighted by Crippen LogP contribution is -2.30. The van der Waals surface area contributed by atoms with Crippen molar-refractivity contribution in [2.45, 2.75) is 13.2 Å². The van der Waals surface area contributed by atoms with Crippen LogP contribution in [0.15, 0.2) is 108 Å². The normalized spacial score (nSPS) is 10.8. The van der Waals surface area contributed by atoms with Crippen LogP contribution < -0.4 is 15.7 Å². The van der Waals surface area contributed by atoms with Gasteiger partial charge in [-0.2, -0.15) is 4.98 Å². The van der Waals surface area contributed by atoms with Crippen LogP contribution in [-0.4, -0.2) is 15.5 Å². The van der Waals surface area contributed by atoms with Gasteiger partial charge in [-0.1, -0.05) is 72.3 Å². The monoisotopic (exact) mass is 495 g/mol. The molecule has 1 N–H and O–H groups in total. The standard InChI is InChI=1S/C29H22ClN3O3/c30-22-11-16-26-25(17-22)28(21-9-5-2-6-10-21)32-29(35)33(26)18-27(34)31-23-12-14-24(15-13-23)36-19-20-7-3-1-4-8-20/h1-17H,18-19H2,(H,31,34). The maximum atomic E-state index is 13.0. The Kier molecular flexibility index (Phi) is 6.78. The zero-order valence-electron chi connectivity index (χ0n) is 19.2. The third-order valence-corrected chi connectivity index (χ3v) is 5.91. The van der Waals surface area contributed by atoms with Gasteiger partial charge in [0.05, 0.1) is 11.2 Å². The molecule has 36 heavy (non-hydrogen) atoms. The third-order valence-electron chi connectivity index (χ3n) is 5.68. The van der Waals surface area contributed by atoms with E-state index in [1.807, 2.05) is 60.7 Å². The van der Waals surface area contributed by atoms with Crippen LogP contribution in [0.3, 0.4) is 0 Å². The smallest absolute Gasteiger partial charge is 0.349 e. The number of benzene rings is 4. The van der Waals surface area contributed by atoms with Gasteiger partial charge in [-0.15, -0.1) is 0 Å². The molecule has 0 unspecified atom stereocenters. The second kappa shape index (κ2) is 10.5. The van der Waals surface area contributed by atoms with Gasteiger partial charge in [0.2, 0.25) is 5.91 Å². The molecule has 0 aliphatic rings. The SMILES string of the molecule is O=C(Cn1c(=O)nc(-c2ccccc2)c2cc(Cl)ccc21)Nc1ccc(OCc2ccccc2)cc1. The predicted molar refractivity (Wildman–Crippen MR) is 142 cm³/mol. The van der Waals surface area contributed by atoms with Crippen LogP contribution in [0.1, 0.15) is 5.56 Å². The summed E-state index contributed by atoms with van der Waals surface area (Å²) < 4.78 is 7.14. The maximum absolute atomic E-state index is 13.0. The Morgan fingerprint density at radius 1 is 0.889 bits per heavy atom. The number of carbonyl (C=O) groups is 1. The summed E-state index contributed by atoms with van der Waals surface area (Å²) in [5, 5.41) is 4.05. The van der Waals surface area contributed by atoms with Crippen LogP contribution in [0, 0.1) is 0 Å². The molecule has 0 fully saturated rings. The Bertz CT molecular complexity index is 1570. The van der Waals surface area contributed by atoms with Gasteiger partial charge < -0.3 is 10.1 Å². The van der Waals surface area contributed by atoms with Crippen molar-refractivity contribution in [2.24, 2.45) is 0 Å². The van der Waals surface area contributed by atoms with Crippen molar-refractivity contribution in [3.63, 3.8) is 0 Å². The molecule has 1 heterocycles. The largest absolute Gasteiger partial charge is 0.489 e. The Hall–Kier alpha value is -4.42. The van der Waals surface area contributed by atoms with E-state index < -0.39 is 5.69 Å². The van der Waals surface area contributed by atoms with Crippen molar-refractivity contribution in [1.82, 2.24) is 9.55 Å². The number of anilines is 1. The van der Waals surface area contributed by atoms with Crippen molar-refractivity contribution in [2.75, 3.05) is 5.32 Å². The Labute approximate surface area is 212 Å². The fraction of sp³-hybridized carbons (Fsp3) is 0.0690. The summed E-state index contributed by atoms with van der Waals surface area (Å²) in [5.74, 6) is 0.345. The number of amides is 1. The summed E-state index contributed by atoms with van der Waals surface area (Å²) in [6, 6.07) is 31.6. The minimum atomic E-state index is -0.511. The average molecular weight is 496 g/mol. The topological polar surface area (TPSA) is 73.2 Å². The van der Waals surface area contributed by atoms with Crippen LogP contribution >= 0.6 is 11.6 Å². The minimum Gasteiger partial charge on any atom is -0.489 e. The molecule has 0 atom stereocenters. The van der Waals surface area contributed by atoms with Gasteiger partial charge in [-0.05, 0) is 48.0 Å². The molecule has 0 saturated carbocycles. The summed E-state index contributed by atoms with van der Waals surface area (Å²) in [5.41, 5.74) is 3.07. The summed E-state index contributed by atoms with van der Waals surface area (Å²) >= 11 is 6.25. The van der Waals surface area contributed by atoms with Crippen LogP contribution in [-0.2, 0) is 17.9 Å². The molecule has 7 heteroatoms. The Balaban J connectivity index is 1.33. The molecule has 178 valence electrons. The first-order valence-corrected chi connectivity index (χ1v) is 11.8. The summed E-state index contributed by atoms with van der Waals surface area (Å²) in [6.45, 7) is 0.268. The lowest BCUT2D eigenvalue weighted by molar-refractivity contribution is -0.116. The zero-order valence-corrected chi connectivity index (χ0v) is 20.0. The number of carbonyl (C=O) groups excluding carboxylic acids is 1. The molecule has 1 amide bonds. The highest BCUT2D eigenvalue weighted by Gasteiger charge is 2.15. The van der Waals surface area contributed by atoms with E-state index in [9.17, 15) is 9.59 Å². The molecule has 0 aliphatic heterocycles. The third kappa shape index (κ3) is 5.29. The molecule has 6 nitrogen and oxygen atoms in total. The molecule has 0 radical (unpaired) electrons. The molecule has 0 aliphatic carbocycles. The molecule has 5 aromatic rings. The second-order valence-corrected chi connectivity index (χ2v) is 8.64. The number of nitrogens with one attached hydrogen (secondary N) is 1. The molecule has 0 bridgehead atoms. The number of hydrogen-bond acceptors (Lipinski definition) is 4. The molecule has 1 aromatic heterocycles. The van der Waals surface area contributed by atoms with Gasteiger partial charge in [-0.25, -0.2) is 4.79 Å². The minimum absolute atomic E-state index is 0.189. The highest BCUT2D eigenvalue weighted by atomic mass is 35.5. The zero-order chi connectivity index (χ0) is 24.9. The molecule has 4 aromatic carbocycles. The van der Waals surface area contributed by atoms with Crippen LogP contribution in [0.5, 0.6) is 5.75 Å². The van der Waals surface area contributed by atoms with E-state index in [4.69, 9.17) is 16.3 Å². The van der Waals surface area contributed by atoms with Crippen molar-refractivity contribution >= 4 is 34.1 Å².